The zero-order valence-corrected chi connectivity index (χ0v) is 10.6. The average molecular weight is 269 g/mol. The van der Waals surface area contributed by atoms with Crippen molar-refractivity contribution < 1.29 is 14.7 Å². The highest BCUT2D eigenvalue weighted by molar-refractivity contribution is 5.78. The summed E-state index contributed by atoms with van der Waals surface area (Å²) in [7, 11) is 0. The number of aromatic amines is 1. The molecule has 2 N–H and O–H groups in total. The van der Waals surface area contributed by atoms with Gasteiger partial charge in [-0.05, 0) is 13.8 Å². The van der Waals surface area contributed by atoms with E-state index in [0.717, 1.165) is 9.47 Å². The van der Waals surface area contributed by atoms with Crippen LogP contribution in [0.3, 0.4) is 0 Å². The number of amides is 1. The van der Waals surface area contributed by atoms with Crippen LogP contribution in [0.5, 0.6) is 0 Å². The second-order valence-electron chi connectivity index (χ2n) is 4.04. The van der Waals surface area contributed by atoms with E-state index in [9.17, 15) is 24.3 Å². The van der Waals surface area contributed by atoms with Gasteiger partial charge >= 0.3 is 5.69 Å². The molecule has 0 spiro atoms. The second-order valence-corrected chi connectivity index (χ2v) is 4.04. The van der Waals surface area contributed by atoms with Crippen LogP contribution in [0.15, 0.2) is 15.8 Å². The highest BCUT2D eigenvalue weighted by Gasteiger charge is 2.18. The molecule has 0 aromatic carbocycles. The summed E-state index contributed by atoms with van der Waals surface area (Å²) < 4.78 is 1.01. The molecule has 0 saturated carbocycles. The number of hydrogen-bond donors (Lipinski definition) is 2. The van der Waals surface area contributed by atoms with Crippen LogP contribution in [0.2, 0.25) is 0 Å². The smallest absolute Gasteiger partial charge is 0.328 e. The van der Waals surface area contributed by atoms with E-state index < -0.39 is 23.4 Å². The largest absolute Gasteiger partial charge is 0.374 e. The average Bonchev–Trinajstić information content (AvgIpc) is 2.32. The number of aliphatic hydroxyl groups excluding tert-OH is 1. The quantitative estimate of drug-likeness (QED) is 0.484. The predicted octanol–water partition coefficient (Wildman–Crippen LogP) is -1.79. The van der Waals surface area contributed by atoms with Gasteiger partial charge in [-0.1, -0.05) is 0 Å². The molecule has 0 fully saturated rings. The molecule has 1 rings (SSSR count). The Morgan fingerprint density at radius 1 is 1.58 bits per heavy atom. The van der Waals surface area contributed by atoms with Crippen LogP contribution >= 0.6 is 0 Å². The monoisotopic (exact) mass is 269 g/mol. The van der Waals surface area contributed by atoms with E-state index in [1.54, 1.807) is 0 Å². The van der Waals surface area contributed by atoms with Gasteiger partial charge in [0.1, 0.15) is 19.1 Å². The van der Waals surface area contributed by atoms with E-state index in [2.05, 4.69) is 4.98 Å². The van der Waals surface area contributed by atoms with Crippen LogP contribution in [-0.2, 0) is 16.1 Å². The molecule has 1 aromatic heterocycles. The van der Waals surface area contributed by atoms with E-state index >= 15 is 0 Å². The first-order valence-corrected chi connectivity index (χ1v) is 5.58. The predicted molar refractivity (Wildman–Crippen MR) is 65.5 cm³/mol. The van der Waals surface area contributed by atoms with Gasteiger partial charge in [-0.15, -0.1) is 0 Å². The molecular weight excluding hydrogens is 254 g/mol. The van der Waals surface area contributed by atoms with Gasteiger partial charge in [-0.25, -0.2) is 4.79 Å². The fourth-order valence-corrected chi connectivity index (χ4v) is 1.52. The fraction of sp³-hybridized carbons (Fsp3) is 0.455. The Kier molecular flexibility index (Phi) is 4.76. The first-order valence-electron chi connectivity index (χ1n) is 5.58. The maximum Gasteiger partial charge on any atom is 0.328 e. The lowest BCUT2D eigenvalue weighted by molar-refractivity contribution is -0.142. The number of nitrogens with zero attached hydrogens (tertiary/aromatic N) is 2. The van der Waals surface area contributed by atoms with Gasteiger partial charge in [0.2, 0.25) is 5.91 Å². The molecule has 1 heterocycles. The molecule has 19 heavy (non-hydrogen) atoms. The standard InChI is InChI=1S/C11H15N3O5/c1-7-5-13(11(19)12-10(7)18)6-9(17)14(3-4-15)8(2)16/h4-5,8,16H,3,6H2,1-2H3,(H,12,18,19). The van der Waals surface area contributed by atoms with Gasteiger partial charge < -0.3 is 14.8 Å². The summed E-state index contributed by atoms with van der Waals surface area (Å²) in [4.78, 5) is 47.9. The summed E-state index contributed by atoms with van der Waals surface area (Å²) in [6.07, 6.45) is 0.586. The fourth-order valence-electron chi connectivity index (χ4n) is 1.52. The SMILES string of the molecule is Cc1cn(CC(=O)N(CC=O)C(C)O)c(=O)[nH]c1=O. The van der Waals surface area contributed by atoms with E-state index in [-0.39, 0.29) is 18.7 Å². The minimum Gasteiger partial charge on any atom is -0.374 e. The van der Waals surface area contributed by atoms with Crippen LogP contribution in [0.4, 0.5) is 0 Å². The van der Waals surface area contributed by atoms with Gasteiger partial charge in [0, 0.05) is 11.8 Å². The van der Waals surface area contributed by atoms with Crippen molar-refractivity contribution >= 4 is 12.2 Å². The number of carbonyl (C=O) groups excluding carboxylic acids is 2. The Morgan fingerprint density at radius 3 is 2.74 bits per heavy atom. The third-order valence-electron chi connectivity index (χ3n) is 2.54. The first-order chi connectivity index (χ1) is 8.86. The number of hydrogen-bond acceptors (Lipinski definition) is 5. The van der Waals surface area contributed by atoms with Crippen LogP contribution < -0.4 is 11.2 Å². The summed E-state index contributed by atoms with van der Waals surface area (Å²) in [5, 5.41) is 9.36. The van der Waals surface area contributed by atoms with Crippen molar-refractivity contribution in [1.29, 1.82) is 0 Å². The molecule has 0 aliphatic heterocycles. The molecule has 8 nitrogen and oxygen atoms in total. The Morgan fingerprint density at radius 2 is 2.21 bits per heavy atom. The number of nitrogens with one attached hydrogen (secondary N) is 1. The van der Waals surface area contributed by atoms with Crippen molar-refractivity contribution in [1.82, 2.24) is 14.5 Å². The second kappa shape index (κ2) is 6.10. The molecule has 0 aliphatic rings. The summed E-state index contributed by atoms with van der Waals surface area (Å²) in [6.45, 7) is 2.20. The van der Waals surface area contributed by atoms with Crippen LogP contribution in [0, 0.1) is 6.92 Å². The van der Waals surface area contributed by atoms with Gasteiger partial charge in [-0.3, -0.25) is 19.1 Å². The number of carbonyl (C=O) groups is 2. The molecule has 1 amide bonds. The zero-order chi connectivity index (χ0) is 14.6. The first kappa shape index (κ1) is 14.8. The van der Waals surface area contributed by atoms with Crippen molar-refractivity contribution in [3.8, 4) is 0 Å². The number of rotatable bonds is 5. The third kappa shape index (κ3) is 3.62. The summed E-state index contributed by atoms with van der Waals surface area (Å²) in [5.41, 5.74) is -0.957. The molecule has 1 aromatic rings. The highest BCUT2D eigenvalue weighted by Crippen LogP contribution is 1.97. The number of aryl methyl sites for hydroxylation is 1. The van der Waals surface area contributed by atoms with Crippen LogP contribution in [0.1, 0.15) is 12.5 Å². The van der Waals surface area contributed by atoms with Gasteiger partial charge in [0.25, 0.3) is 5.56 Å². The minimum atomic E-state index is -1.14. The third-order valence-corrected chi connectivity index (χ3v) is 2.54. The normalized spacial score (nSPS) is 11.9. The maximum absolute atomic E-state index is 11.8. The van der Waals surface area contributed by atoms with Crippen molar-refractivity contribution in [2.24, 2.45) is 0 Å². The lowest BCUT2D eigenvalue weighted by atomic mass is 10.3. The lowest BCUT2D eigenvalue weighted by Gasteiger charge is -2.23. The Hall–Kier alpha value is -2.22. The summed E-state index contributed by atoms with van der Waals surface area (Å²) in [6, 6.07) is 0. The van der Waals surface area contributed by atoms with E-state index in [1.807, 2.05) is 0 Å². The Bertz CT molecular complexity index is 587. The summed E-state index contributed by atoms with van der Waals surface area (Å²) in [5.74, 6) is -0.601. The van der Waals surface area contributed by atoms with E-state index in [0.29, 0.717) is 6.29 Å². The molecular formula is C11H15N3O5. The van der Waals surface area contributed by atoms with Gasteiger partial charge in [0.05, 0.1) is 6.54 Å². The van der Waals surface area contributed by atoms with Crippen LogP contribution in [0.25, 0.3) is 0 Å². The van der Waals surface area contributed by atoms with Gasteiger partial charge in [0.15, 0.2) is 0 Å². The van der Waals surface area contributed by atoms with Crippen molar-refractivity contribution in [3.05, 3.63) is 32.6 Å². The summed E-state index contributed by atoms with van der Waals surface area (Å²) >= 11 is 0. The Balaban J connectivity index is 2.99. The van der Waals surface area contributed by atoms with Gasteiger partial charge in [-0.2, -0.15) is 0 Å². The maximum atomic E-state index is 11.8. The number of H-pyrrole nitrogens is 1. The molecule has 104 valence electrons. The van der Waals surface area contributed by atoms with Crippen molar-refractivity contribution in [2.45, 2.75) is 26.6 Å². The molecule has 0 bridgehead atoms. The number of aldehydes is 1. The van der Waals surface area contributed by atoms with E-state index in [1.165, 1.54) is 20.0 Å². The zero-order valence-electron chi connectivity index (χ0n) is 10.6. The molecule has 8 heteroatoms. The minimum absolute atomic E-state index is 0.270. The molecule has 1 atom stereocenters. The van der Waals surface area contributed by atoms with Crippen molar-refractivity contribution in [3.63, 3.8) is 0 Å². The topological polar surface area (TPSA) is 112 Å². The molecule has 1 unspecified atom stereocenters. The molecule has 0 aliphatic carbocycles. The molecule has 0 radical (unpaired) electrons. The van der Waals surface area contributed by atoms with Crippen LogP contribution in [-0.4, -0.2) is 44.5 Å². The van der Waals surface area contributed by atoms with Crippen molar-refractivity contribution in [2.75, 3.05) is 6.54 Å². The molecule has 0 saturated heterocycles. The van der Waals surface area contributed by atoms with E-state index in [4.69, 9.17) is 0 Å². The Labute approximate surface area is 108 Å². The number of aromatic nitrogens is 2. The number of aliphatic hydroxyl groups is 1. The lowest BCUT2D eigenvalue weighted by Crippen LogP contribution is -2.43. The highest BCUT2D eigenvalue weighted by atomic mass is 16.3.